The molecular weight excluding hydrogens is 291 g/mol. The zero-order valence-electron chi connectivity index (χ0n) is 12.4. The summed E-state index contributed by atoms with van der Waals surface area (Å²) in [5, 5.41) is 11.8. The van der Waals surface area contributed by atoms with E-state index in [0.717, 1.165) is 0 Å². The van der Waals surface area contributed by atoms with Crippen LogP contribution in [0, 0.1) is 12.7 Å². The Labute approximate surface area is 127 Å². The Morgan fingerprint density at radius 3 is 2.82 bits per heavy atom. The van der Waals surface area contributed by atoms with Crippen LogP contribution < -0.4 is 5.32 Å². The van der Waals surface area contributed by atoms with Gasteiger partial charge in [-0.15, -0.1) is 0 Å². The summed E-state index contributed by atoms with van der Waals surface area (Å²) in [5.41, 5.74) is 1.19. The highest BCUT2D eigenvalue weighted by atomic mass is 19.1. The number of aryl methyl sites for hydroxylation is 1. The van der Waals surface area contributed by atoms with Gasteiger partial charge in [-0.1, -0.05) is 0 Å². The summed E-state index contributed by atoms with van der Waals surface area (Å²) in [6.45, 7) is 1.58. The van der Waals surface area contributed by atoms with Crippen molar-refractivity contribution in [2.75, 3.05) is 32.1 Å². The maximum Gasteiger partial charge on any atom is 0.337 e. The summed E-state index contributed by atoms with van der Waals surface area (Å²) in [6.07, 6.45) is 0. The molecule has 1 aliphatic heterocycles. The van der Waals surface area contributed by atoms with Gasteiger partial charge in [-0.05, 0) is 30.7 Å². The van der Waals surface area contributed by atoms with Crippen molar-refractivity contribution in [2.24, 2.45) is 0 Å². The third-order valence-corrected chi connectivity index (χ3v) is 3.38. The smallest absolute Gasteiger partial charge is 0.337 e. The van der Waals surface area contributed by atoms with Crippen LogP contribution in [0.4, 0.5) is 10.1 Å². The molecule has 118 valence electrons. The number of methoxy groups -OCH3 is 1. The number of aliphatic hydroxyl groups is 1. The second-order valence-electron chi connectivity index (χ2n) is 4.88. The summed E-state index contributed by atoms with van der Waals surface area (Å²) in [7, 11) is 1.23. The summed E-state index contributed by atoms with van der Waals surface area (Å²) < 4.78 is 18.0. The van der Waals surface area contributed by atoms with Crippen molar-refractivity contribution in [3.8, 4) is 0 Å². The number of rotatable bonds is 5. The topological polar surface area (TPSA) is 78.9 Å². The molecule has 0 aromatic heterocycles. The molecule has 1 aromatic rings. The van der Waals surface area contributed by atoms with Gasteiger partial charge in [0.1, 0.15) is 11.5 Å². The molecule has 2 rings (SSSR count). The molecule has 0 unspecified atom stereocenters. The Morgan fingerprint density at radius 2 is 2.23 bits per heavy atom. The highest BCUT2D eigenvalue weighted by molar-refractivity contribution is 6.08. The fraction of sp³-hybridized carbons (Fsp3) is 0.333. The Hall–Kier alpha value is -2.41. The van der Waals surface area contributed by atoms with Gasteiger partial charge in [0.05, 0.1) is 25.8 Å². The molecule has 1 heterocycles. The highest BCUT2D eigenvalue weighted by Gasteiger charge is 2.34. The lowest BCUT2D eigenvalue weighted by Gasteiger charge is -2.15. The van der Waals surface area contributed by atoms with Gasteiger partial charge >= 0.3 is 5.97 Å². The van der Waals surface area contributed by atoms with Crippen LogP contribution in [0.2, 0.25) is 0 Å². The lowest BCUT2D eigenvalue weighted by molar-refractivity contribution is -0.136. The van der Waals surface area contributed by atoms with E-state index in [1.807, 2.05) is 0 Å². The first-order valence-electron chi connectivity index (χ1n) is 6.72. The van der Waals surface area contributed by atoms with Crippen LogP contribution in [0.25, 0.3) is 0 Å². The molecule has 1 amide bonds. The highest BCUT2D eigenvalue weighted by Crippen LogP contribution is 2.23. The number of aliphatic hydroxyl groups excluding tert-OH is 1. The molecule has 0 radical (unpaired) electrons. The van der Waals surface area contributed by atoms with Crippen LogP contribution in [-0.2, 0) is 14.3 Å². The summed E-state index contributed by atoms with van der Waals surface area (Å²) in [5.74, 6) is -1.38. The number of nitrogens with one attached hydrogen (secondary N) is 1. The number of hydrogen-bond acceptors (Lipinski definition) is 5. The van der Waals surface area contributed by atoms with Gasteiger partial charge in [-0.25, -0.2) is 9.18 Å². The monoisotopic (exact) mass is 308 g/mol. The summed E-state index contributed by atoms with van der Waals surface area (Å²) in [4.78, 5) is 25.4. The number of hydrogen-bond donors (Lipinski definition) is 2. The molecule has 7 heteroatoms. The number of anilines is 1. The van der Waals surface area contributed by atoms with Crippen molar-refractivity contribution in [2.45, 2.75) is 6.92 Å². The van der Waals surface area contributed by atoms with Crippen molar-refractivity contribution >= 4 is 17.6 Å². The molecule has 0 atom stereocenters. The van der Waals surface area contributed by atoms with Crippen molar-refractivity contribution < 1.29 is 23.8 Å². The average Bonchev–Trinajstić information content (AvgIpc) is 2.80. The van der Waals surface area contributed by atoms with Crippen LogP contribution in [0.5, 0.6) is 0 Å². The molecular formula is C15H17FN2O4. The zero-order valence-corrected chi connectivity index (χ0v) is 12.4. The SMILES string of the molecule is COC(=O)C1=C(Nc2ccc(F)c(C)c2)C(=O)N(CCO)C1. The molecule has 22 heavy (non-hydrogen) atoms. The van der Waals surface area contributed by atoms with E-state index in [1.54, 1.807) is 13.0 Å². The summed E-state index contributed by atoms with van der Waals surface area (Å²) >= 11 is 0. The standard InChI is InChI=1S/C15H17FN2O4/c1-9-7-10(3-4-12(9)16)17-13-11(15(21)22-2)8-18(5-6-19)14(13)20/h3-4,7,17,19H,5-6,8H2,1-2H3. The van der Waals surface area contributed by atoms with Crippen LogP contribution in [0.1, 0.15) is 5.56 Å². The molecule has 1 aliphatic rings. The van der Waals surface area contributed by atoms with E-state index in [-0.39, 0.29) is 36.8 Å². The van der Waals surface area contributed by atoms with E-state index in [0.29, 0.717) is 11.3 Å². The number of esters is 1. The molecule has 0 saturated carbocycles. The molecule has 1 aromatic carbocycles. The molecule has 0 bridgehead atoms. The molecule has 0 fully saturated rings. The van der Waals surface area contributed by atoms with E-state index in [1.165, 1.54) is 24.1 Å². The zero-order chi connectivity index (χ0) is 16.3. The van der Waals surface area contributed by atoms with Crippen LogP contribution in [-0.4, -0.2) is 48.7 Å². The number of ether oxygens (including phenoxy) is 1. The van der Waals surface area contributed by atoms with Gasteiger partial charge in [0, 0.05) is 12.2 Å². The van der Waals surface area contributed by atoms with Crippen LogP contribution >= 0.6 is 0 Å². The first-order valence-corrected chi connectivity index (χ1v) is 6.72. The number of carbonyl (C=O) groups excluding carboxylic acids is 2. The van der Waals surface area contributed by atoms with Crippen molar-refractivity contribution in [3.63, 3.8) is 0 Å². The predicted octanol–water partition coefficient (Wildman–Crippen LogP) is 0.808. The number of amides is 1. The number of benzene rings is 1. The number of nitrogens with zero attached hydrogens (tertiary/aromatic N) is 1. The van der Waals surface area contributed by atoms with E-state index >= 15 is 0 Å². The minimum Gasteiger partial charge on any atom is -0.466 e. The van der Waals surface area contributed by atoms with Crippen molar-refractivity contribution in [1.82, 2.24) is 4.90 Å². The van der Waals surface area contributed by atoms with Gasteiger partial charge < -0.3 is 20.1 Å². The first kappa shape index (κ1) is 16.0. The largest absolute Gasteiger partial charge is 0.466 e. The molecule has 0 aliphatic carbocycles. The van der Waals surface area contributed by atoms with E-state index in [4.69, 9.17) is 5.11 Å². The Kier molecular flexibility index (Phi) is 4.77. The molecule has 2 N–H and O–H groups in total. The number of β-amino-alcohol motifs (C(OH)–C–C–N with tert-alkyl or cyclic N) is 1. The fourth-order valence-corrected chi connectivity index (χ4v) is 2.22. The maximum atomic E-state index is 13.3. The average molecular weight is 308 g/mol. The fourth-order valence-electron chi connectivity index (χ4n) is 2.22. The van der Waals surface area contributed by atoms with Crippen molar-refractivity contribution in [1.29, 1.82) is 0 Å². The molecule has 0 spiro atoms. The third kappa shape index (κ3) is 3.09. The predicted molar refractivity (Wildman–Crippen MR) is 77.5 cm³/mol. The first-order chi connectivity index (χ1) is 10.5. The van der Waals surface area contributed by atoms with Gasteiger partial charge in [-0.2, -0.15) is 0 Å². The van der Waals surface area contributed by atoms with Gasteiger partial charge in [0.2, 0.25) is 0 Å². The lowest BCUT2D eigenvalue weighted by atomic mass is 10.2. The number of halogens is 1. The second kappa shape index (κ2) is 6.57. The lowest BCUT2D eigenvalue weighted by Crippen LogP contribution is -2.31. The van der Waals surface area contributed by atoms with Gasteiger partial charge in [0.25, 0.3) is 5.91 Å². The normalized spacial score (nSPS) is 14.5. The quantitative estimate of drug-likeness (QED) is 0.787. The maximum absolute atomic E-state index is 13.3. The number of carbonyl (C=O) groups is 2. The van der Waals surface area contributed by atoms with E-state index in [2.05, 4.69) is 10.1 Å². The molecule has 0 saturated heterocycles. The molecule has 6 nitrogen and oxygen atoms in total. The van der Waals surface area contributed by atoms with Crippen LogP contribution in [0.3, 0.4) is 0 Å². The van der Waals surface area contributed by atoms with Crippen molar-refractivity contribution in [3.05, 3.63) is 40.8 Å². The van der Waals surface area contributed by atoms with Crippen LogP contribution in [0.15, 0.2) is 29.5 Å². The van der Waals surface area contributed by atoms with E-state index < -0.39 is 11.9 Å². The Bertz CT molecular complexity index is 642. The minimum absolute atomic E-state index is 0.0641. The minimum atomic E-state index is -0.616. The van der Waals surface area contributed by atoms with Gasteiger partial charge in [0.15, 0.2) is 0 Å². The Morgan fingerprint density at radius 1 is 1.50 bits per heavy atom. The summed E-state index contributed by atoms with van der Waals surface area (Å²) in [6, 6.07) is 4.30. The van der Waals surface area contributed by atoms with E-state index in [9.17, 15) is 14.0 Å². The second-order valence-corrected chi connectivity index (χ2v) is 4.88. The third-order valence-electron chi connectivity index (χ3n) is 3.38. The Balaban J connectivity index is 2.32. The van der Waals surface area contributed by atoms with Gasteiger partial charge in [-0.3, -0.25) is 4.79 Å².